The summed E-state index contributed by atoms with van der Waals surface area (Å²) >= 11 is 0. The largest absolute Gasteiger partial charge is 0.388 e. The number of aliphatic hydroxyl groups is 1. The van der Waals surface area contributed by atoms with Gasteiger partial charge in [-0.25, -0.2) is 0 Å². The fourth-order valence-corrected chi connectivity index (χ4v) is 5.52. The maximum absolute atomic E-state index is 11.4. The Balaban J connectivity index is 1.52. The number of ether oxygens (including phenoxy) is 3. The van der Waals surface area contributed by atoms with Crippen molar-refractivity contribution in [3.05, 3.63) is 120 Å². The third-order valence-electron chi connectivity index (χ3n) is 8.22. The first-order chi connectivity index (χ1) is 22.3. The van der Waals surface area contributed by atoms with Crippen LogP contribution in [0, 0.1) is 0 Å². The monoisotopic (exact) mass is 614 g/mol. The van der Waals surface area contributed by atoms with Crippen LogP contribution in [0.15, 0.2) is 103 Å². The zero-order valence-electron chi connectivity index (χ0n) is 27.7. The molecule has 0 fully saturated rings. The Morgan fingerprint density at radius 1 is 0.556 bits per heavy atom. The fraction of sp³-hybridized carbons (Fsp3) is 0.512. The van der Waals surface area contributed by atoms with Gasteiger partial charge in [0.05, 0.1) is 26.4 Å². The molecule has 0 aliphatic heterocycles. The number of aliphatic hydroxyl groups excluding tert-OH is 1. The van der Waals surface area contributed by atoms with Crippen molar-refractivity contribution in [2.24, 2.45) is 0 Å². The molecule has 3 rings (SSSR count). The summed E-state index contributed by atoms with van der Waals surface area (Å²) in [5, 5.41) is 11.4. The van der Waals surface area contributed by atoms with E-state index in [0.717, 1.165) is 29.5 Å². The van der Waals surface area contributed by atoms with Crippen LogP contribution >= 0.6 is 0 Å². The van der Waals surface area contributed by atoms with Gasteiger partial charge in [-0.2, -0.15) is 0 Å². The Morgan fingerprint density at radius 3 is 1.51 bits per heavy atom. The zero-order valence-corrected chi connectivity index (χ0v) is 27.7. The lowest BCUT2D eigenvalue weighted by Gasteiger charge is -2.29. The predicted octanol–water partition coefficient (Wildman–Crippen LogP) is 10.4. The van der Waals surface area contributed by atoms with Gasteiger partial charge in [0.2, 0.25) is 0 Å². The number of benzene rings is 3. The number of unbranched alkanes of at least 4 members (excludes halogenated alkanes) is 12. The van der Waals surface area contributed by atoms with E-state index in [2.05, 4.69) is 31.2 Å². The molecule has 1 N–H and O–H groups in total. The number of hydrogen-bond acceptors (Lipinski definition) is 4. The standard InChI is InChI=1S/C41H58O4/c1-2-3-4-5-6-7-8-9-10-11-12-13-14-24-31-40(44-33-37-27-20-16-21-28-37)41(45-34-38-29-22-17-23-30-38)39(42)35-43-32-36-25-18-15-19-26-36/h15-31,39-42H,2-14,32-35H2,1H3/b31-24+/t39-,40-,41+/m1/s1. The lowest BCUT2D eigenvalue weighted by atomic mass is 10.0. The van der Waals surface area contributed by atoms with Gasteiger partial charge < -0.3 is 19.3 Å². The first kappa shape index (κ1) is 36.7. The molecule has 246 valence electrons. The number of rotatable bonds is 26. The lowest BCUT2D eigenvalue weighted by molar-refractivity contribution is -0.133. The Morgan fingerprint density at radius 2 is 1.00 bits per heavy atom. The highest BCUT2D eigenvalue weighted by Gasteiger charge is 2.29. The van der Waals surface area contributed by atoms with Gasteiger partial charge in [-0.3, -0.25) is 0 Å². The molecule has 3 aromatic carbocycles. The van der Waals surface area contributed by atoms with Crippen LogP contribution in [0.5, 0.6) is 0 Å². The van der Waals surface area contributed by atoms with Crippen molar-refractivity contribution in [1.29, 1.82) is 0 Å². The molecule has 4 nitrogen and oxygen atoms in total. The van der Waals surface area contributed by atoms with E-state index in [1.54, 1.807) is 0 Å². The third-order valence-corrected chi connectivity index (χ3v) is 8.22. The van der Waals surface area contributed by atoms with Gasteiger partial charge in [0.1, 0.15) is 18.3 Å². The summed E-state index contributed by atoms with van der Waals surface area (Å²) in [5.74, 6) is 0. The third kappa shape index (κ3) is 16.9. The molecule has 0 aliphatic carbocycles. The highest BCUT2D eigenvalue weighted by molar-refractivity contribution is 5.15. The highest BCUT2D eigenvalue weighted by Crippen LogP contribution is 2.19. The van der Waals surface area contributed by atoms with E-state index in [4.69, 9.17) is 14.2 Å². The molecular weight excluding hydrogens is 556 g/mol. The van der Waals surface area contributed by atoms with E-state index in [1.165, 1.54) is 70.6 Å². The minimum Gasteiger partial charge on any atom is -0.388 e. The highest BCUT2D eigenvalue weighted by atomic mass is 16.6. The number of allylic oxidation sites excluding steroid dienone is 1. The van der Waals surface area contributed by atoms with E-state index in [0.29, 0.717) is 19.8 Å². The summed E-state index contributed by atoms with van der Waals surface area (Å²) in [6.45, 7) is 3.71. The quantitative estimate of drug-likeness (QED) is 0.0722. The zero-order chi connectivity index (χ0) is 31.6. The van der Waals surface area contributed by atoms with Crippen molar-refractivity contribution in [2.75, 3.05) is 6.61 Å². The van der Waals surface area contributed by atoms with Gasteiger partial charge >= 0.3 is 0 Å². The SMILES string of the molecule is CCCCCCCCCCCCCC/C=C/[C@@H](OCc1ccccc1)[C@@H](OCc1ccccc1)[C@H](O)COCc1ccccc1. The minimum absolute atomic E-state index is 0.159. The molecule has 0 saturated carbocycles. The van der Waals surface area contributed by atoms with Gasteiger partial charge in [-0.15, -0.1) is 0 Å². The first-order valence-corrected chi connectivity index (χ1v) is 17.5. The van der Waals surface area contributed by atoms with Crippen LogP contribution in [0.25, 0.3) is 0 Å². The molecule has 4 heteroatoms. The molecule has 0 aromatic heterocycles. The lowest BCUT2D eigenvalue weighted by Crippen LogP contribution is -2.42. The van der Waals surface area contributed by atoms with Crippen molar-refractivity contribution in [1.82, 2.24) is 0 Å². The number of hydrogen-bond donors (Lipinski definition) is 1. The Labute approximate surface area is 273 Å². The van der Waals surface area contributed by atoms with Gasteiger partial charge in [0.25, 0.3) is 0 Å². The average Bonchev–Trinajstić information content (AvgIpc) is 3.08. The Hall–Kier alpha value is -2.76. The molecule has 0 radical (unpaired) electrons. The van der Waals surface area contributed by atoms with Gasteiger partial charge in [-0.05, 0) is 29.5 Å². The molecule has 3 atom stereocenters. The van der Waals surface area contributed by atoms with Crippen LogP contribution in [0.1, 0.15) is 107 Å². The molecule has 0 amide bonds. The minimum atomic E-state index is -0.852. The van der Waals surface area contributed by atoms with Crippen molar-refractivity contribution in [3.8, 4) is 0 Å². The van der Waals surface area contributed by atoms with E-state index in [-0.39, 0.29) is 6.61 Å². The fourth-order valence-electron chi connectivity index (χ4n) is 5.52. The summed E-state index contributed by atoms with van der Waals surface area (Å²) in [6, 6.07) is 30.3. The molecule has 0 spiro atoms. The van der Waals surface area contributed by atoms with Gasteiger partial charge in [0, 0.05) is 0 Å². The summed E-state index contributed by atoms with van der Waals surface area (Å²) in [7, 11) is 0. The van der Waals surface area contributed by atoms with Crippen LogP contribution < -0.4 is 0 Å². The van der Waals surface area contributed by atoms with Crippen LogP contribution in [0.3, 0.4) is 0 Å². The van der Waals surface area contributed by atoms with E-state index in [1.807, 2.05) is 78.9 Å². The molecule has 0 heterocycles. The normalized spacial score (nSPS) is 13.6. The topological polar surface area (TPSA) is 47.9 Å². The summed E-state index contributed by atoms with van der Waals surface area (Å²) in [4.78, 5) is 0. The second kappa shape index (κ2) is 24.5. The van der Waals surface area contributed by atoms with Crippen LogP contribution in [0.2, 0.25) is 0 Å². The predicted molar refractivity (Wildman–Crippen MR) is 187 cm³/mol. The second-order valence-electron chi connectivity index (χ2n) is 12.2. The van der Waals surface area contributed by atoms with Crippen LogP contribution in [0.4, 0.5) is 0 Å². The van der Waals surface area contributed by atoms with E-state index in [9.17, 15) is 5.11 Å². The molecule has 0 aliphatic rings. The molecule has 0 bridgehead atoms. The molecule has 0 unspecified atom stereocenters. The maximum atomic E-state index is 11.4. The van der Waals surface area contributed by atoms with Crippen molar-refractivity contribution in [3.63, 3.8) is 0 Å². The molecule has 45 heavy (non-hydrogen) atoms. The van der Waals surface area contributed by atoms with Crippen LogP contribution in [-0.4, -0.2) is 30.0 Å². The summed E-state index contributed by atoms with van der Waals surface area (Å²) in [6.07, 6.45) is 19.6. The maximum Gasteiger partial charge on any atom is 0.116 e. The second-order valence-corrected chi connectivity index (χ2v) is 12.2. The summed E-state index contributed by atoms with van der Waals surface area (Å²) in [5.41, 5.74) is 3.22. The Kier molecular flexibility index (Phi) is 20.0. The van der Waals surface area contributed by atoms with Crippen LogP contribution in [-0.2, 0) is 34.0 Å². The van der Waals surface area contributed by atoms with Gasteiger partial charge in [-0.1, -0.05) is 181 Å². The van der Waals surface area contributed by atoms with E-state index >= 15 is 0 Å². The van der Waals surface area contributed by atoms with E-state index < -0.39 is 18.3 Å². The van der Waals surface area contributed by atoms with Crippen molar-refractivity contribution < 1.29 is 19.3 Å². The Bertz CT molecular complexity index is 1100. The average molecular weight is 615 g/mol. The summed E-state index contributed by atoms with van der Waals surface area (Å²) < 4.78 is 18.8. The first-order valence-electron chi connectivity index (χ1n) is 17.5. The smallest absolute Gasteiger partial charge is 0.116 e. The van der Waals surface area contributed by atoms with Crippen molar-refractivity contribution >= 4 is 0 Å². The molecule has 3 aromatic rings. The van der Waals surface area contributed by atoms with Gasteiger partial charge in [0.15, 0.2) is 0 Å². The van der Waals surface area contributed by atoms with Crippen molar-refractivity contribution in [2.45, 2.75) is 129 Å². The molecular formula is C41H58O4. The molecule has 0 saturated heterocycles.